The molecule has 0 aliphatic heterocycles. The lowest BCUT2D eigenvalue weighted by Gasteiger charge is -2.10. The van der Waals surface area contributed by atoms with Crippen molar-refractivity contribution in [2.45, 2.75) is 19.3 Å². The molecule has 1 aromatic rings. The van der Waals surface area contributed by atoms with Crippen LogP contribution in [-0.2, 0) is 20.8 Å². The number of nitrogens with one attached hydrogen (secondary N) is 1. The molecule has 0 fully saturated rings. The Hall–Kier alpha value is -2.37. The second kappa shape index (κ2) is 7.28. The average Bonchev–Trinajstić information content (AvgIpc) is 2.38. The summed E-state index contributed by atoms with van der Waals surface area (Å²) in [4.78, 5) is 34.8. The van der Waals surface area contributed by atoms with Crippen molar-refractivity contribution in [2.75, 3.05) is 19.4 Å². The topological polar surface area (TPSA) is 86.7 Å². The van der Waals surface area contributed by atoms with E-state index in [9.17, 15) is 14.4 Å². The molecule has 0 aliphatic rings. The first-order chi connectivity index (χ1) is 9.38. The van der Waals surface area contributed by atoms with Crippen LogP contribution in [0.15, 0.2) is 24.3 Å². The molecule has 2 amide bonds. The molecular formula is C14H18N2O4. The molecule has 0 saturated heterocycles. The molecule has 0 radical (unpaired) electrons. The summed E-state index contributed by atoms with van der Waals surface area (Å²) >= 11 is 0. The molecule has 0 aliphatic carbocycles. The molecule has 0 atom stereocenters. The molecule has 20 heavy (non-hydrogen) atoms. The highest BCUT2D eigenvalue weighted by Crippen LogP contribution is 2.11. The fraction of sp³-hybridized carbons (Fsp3) is 0.357. The predicted molar refractivity (Wildman–Crippen MR) is 74.3 cm³/mol. The van der Waals surface area contributed by atoms with Gasteiger partial charge in [0.05, 0.1) is 12.8 Å². The summed E-state index contributed by atoms with van der Waals surface area (Å²) in [5.41, 5.74) is 1.44. The number of carboxylic acids is 1. The number of anilines is 1. The van der Waals surface area contributed by atoms with E-state index in [2.05, 4.69) is 5.32 Å². The average molecular weight is 278 g/mol. The first-order valence-electron chi connectivity index (χ1n) is 6.19. The van der Waals surface area contributed by atoms with Crippen molar-refractivity contribution >= 4 is 23.5 Å². The zero-order valence-electron chi connectivity index (χ0n) is 11.5. The molecule has 1 aromatic carbocycles. The first-order valence-corrected chi connectivity index (χ1v) is 6.19. The molecule has 0 heterocycles. The van der Waals surface area contributed by atoms with Crippen LogP contribution in [0.3, 0.4) is 0 Å². The van der Waals surface area contributed by atoms with Gasteiger partial charge in [-0.15, -0.1) is 0 Å². The lowest BCUT2D eigenvalue weighted by atomic mass is 10.1. The predicted octanol–water partition coefficient (Wildman–Crippen LogP) is 1.12. The van der Waals surface area contributed by atoms with Crippen LogP contribution in [0.1, 0.15) is 18.4 Å². The number of amides is 2. The SMILES string of the molecule is CN(C)C(=O)Cc1ccc(NC(=O)CCC(=O)O)cc1. The number of hydrogen-bond donors (Lipinski definition) is 2. The van der Waals surface area contributed by atoms with Gasteiger partial charge >= 0.3 is 5.97 Å². The van der Waals surface area contributed by atoms with Crippen LogP contribution in [0.5, 0.6) is 0 Å². The summed E-state index contributed by atoms with van der Waals surface area (Å²) in [5.74, 6) is -1.34. The number of carboxylic acid groups (broad SMARTS) is 1. The number of nitrogens with zero attached hydrogens (tertiary/aromatic N) is 1. The van der Waals surface area contributed by atoms with Gasteiger partial charge in [-0.2, -0.15) is 0 Å². The molecule has 0 aromatic heterocycles. The molecule has 0 unspecified atom stereocenters. The van der Waals surface area contributed by atoms with E-state index in [1.54, 1.807) is 38.4 Å². The molecule has 0 saturated carbocycles. The minimum absolute atomic E-state index is 0.00300. The van der Waals surface area contributed by atoms with Gasteiger partial charge in [0.1, 0.15) is 0 Å². The van der Waals surface area contributed by atoms with Crippen LogP contribution in [0.2, 0.25) is 0 Å². The van der Waals surface area contributed by atoms with Crippen molar-refractivity contribution in [3.8, 4) is 0 Å². The lowest BCUT2D eigenvalue weighted by molar-refractivity contribution is -0.138. The number of carbonyl (C=O) groups is 3. The Morgan fingerprint density at radius 2 is 1.70 bits per heavy atom. The lowest BCUT2D eigenvalue weighted by Crippen LogP contribution is -2.23. The molecule has 0 spiro atoms. The van der Waals surface area contributed by atoms with Crippen LogP contribution < -0.4 is 5.32 Å². The molecular weight excluding hydrogens is 260 g/mol. The normalized spacial score (nSPS) is 9.90. The first kappa shape index (κ1) is 15.7. The van der Waals surface area contributed by atoms with Crippen LogP contribution in [-0.4, -0.2) is 41.9 Å². The van der Waals surface area contributed by atoms with Crippen molar-refractivity contribution in [2.24, 2.45) is 0 Å². The number of hydrogen-bond acceptors (Lipinski definition) is 3. The van der Waals surface area contributed by atoms with Gasteiger partial charge in [0.25, 0.3) is 0 Å². The quantitative estimate of drug-likeness (QED) is 0.816. The minimum Gasteiger partial charge on any atom is -0.481 e. The number of rotatable bonds is 6. The van der Waals surface area contributed by atoms with Gasteiger partial charge in [0, 0.05) is 26.2 Å². The third-order valence-electron chi connectivity index (χ3n) is 2.66. The zero-order valence-corrected chi connectivity index (χ0v) is 11.5. The molecule has 1 rings (SSSR count). The summed E-state index contributed by atoms with van der Waals surface area (Å²) in [6.45, 7) is 0. The number of likely N-dealkylation sites (N-methyl/N-ethyl adjacent to an activating group) is 1. The van der Waals surface area contributed by atoms with Crippen molar-refractivity contribution in [1.82, 2.24) is 4.90 Å². The van der Waals surface area contributed by atoms with Crippen molar-refractivity contribution in [3.05, 3.63) is 29.8 Å². The zero-order chi connectivity index (χ0) is 15.1. The maximum absolute atomic E-state index is 11.5. The second-order valence-electron chi connectivity index (χ2n) is 4.60. The Morgan fingerprint density at radius 3 is 2.20 bits per heavy atom. The summed E-state index contributed by atoms with van der Waals surface area (Å²) in [6, 6.07) is 6.90. The Bertz CT molecular complexity index is 494. The van der Waals surface area contributed by atoms with Gasteiger partial charge in [-0.1, -0.05) is 12.1 Å². The van der Waals surface area contributed by atoms with Crippen molar-refractivity contribution in [3.63, 3.8) is 0 Å². The third-order valence-corrected chi connectivity index (χ3v) is 2.66. The van der Waals surface area contributed by atoms with Gasteiger partial charge in [-0.25, -0.2) is 0 Å². The van der Waals surface area contributed by atoms with Gasteiger partial charge < -0.3 is 15.3 Å². The summed E-state index contributed by atoms with van der Waals surface area (Å²) in [6.07, 6.45) is 0.0533. The Morgan fingerprint density at radius 1 is 1.10 bits per heavy atom. The molecule has 108 valence electrons. The number of benzene rings is 1. The fourth-order valence-electron chi connectivity index (χ4n) is 1.48. The van der Waals surface area contributed by atoms with E-state index in [1.165, 1.54) is 4.90 Å². The summed E-state index contributed by atoms with van der Waals surface area (Å²) in [7, 11) is 3.39. The molecule has 6 heteroatoms. The van der Waals surface area contributed by atoms with Crippen LogP contribution in [0.25, 0.3) is 0 Å². The highest BCUT2D eigenvalue weighted by atomic mass is 16.4. The largest absolute Gasteiger partial charge is 0.481 e. The molecule has 2 N–H and O–H groups in total. The Labute approximate surface area is 117 Å². The van der Waals surface area contributed by atoms with Crippen molar-refractivity contribution in [1.29, 1.82) is 0 Å². The molecule has 0 bridgehead atoms. The van der Waals surface area contributed by atoms with Crippen LogP contribution in [0.4, 0.5) is 5.69 Å². The number of aliphatic carboxylic acids is 1. The second-order valence-corrected chi connectivity index (χ2v) is 4.60. The third kappa shape index (κ3) is 5.51. The summed E-state index contributed by atoms with van der Waals surface area (Å²) in [5, 5.41) is 11.1. The maximum atomic E-state index is 11.5. The smallest absolute Gasteiger partial charge is 0.303 e. The van der Waals surface area contributed by atoms with E-state index in [4.69, 9.17) is 5.11 Å². The van der Waals surface area contributed by atoms with Crippen molar-refractivity contribution < 1.29 is 19.5 Å². The van der Waals surface area contributed by atoms with Gasteiger partial charge in [-0.05, 0) is 17.7 Å². The van der Waals surface area contributed by atoms with Crippen LogP contribution >= 0.6 is 0 Å². The Kier molecular flexibility index (Phi) is 5.71. The van der Waals surface area contributed by atoms with E-state index < -0.39 is 5.97 Å². The Balaban J connectivity index is 2.52. The van der Waals surface area contributed by atoms with Gasteiger partial charge in [-0.3, -0.25) is 14.4 Å². The van der Waals surface area contributed by atoms with E-state index >= 15 is 0 Å². The summed E-state index contributed by atoms with van der Waals surface area (Å²) < 4.78 is 0. The highest BCUT2D eigenvalue weighted by Gasteiger charge is 2.07. The monoisotopic (exact) mass is 278 g/mol. The van der Waals surface area contributed by atoms with E-state index in [-0.39, 0.29) is 24.7 Å². The fourth-order valence-corrected chi connectivity index (χ4v) is 1.48. The van der Waals surface area contributed by atoms with Crippen LogP contribution in [0, 0.1) is 0 Å². The maximum Gasteiger partial charge on any atom is 0.303 e. The van der Waals surface area contributed by atoms with Gasteiger partial charge in [0.15, 0.2) is 0 Å². The standard InChI is InChI=1S/C14H18N2O4/c1-16(2)13(18)9-10-3-5-11(6-4-10)15-12(17)7-8-14(19)20/h3-6H,7-9H2,1-2H3,(H,15,17)(H,19,20). The highest BCUT2D eigenvalue weighted by molar-refractivity contribution is 5.92. The van der Waals surface area contributed by atoms with E-state index in [0.29, 0.717) is 12.1 Å². The number of carbonyl (C=O) groups excluding carboxylic acids is 2. The van der Waals surface area contributed by atoms with E-state index in [0.717, 1.165) is 5.56 Å². The molecule has 6 nitrogen and oxygen atoms in total. The van der Waals surface area contributed by atoms with E-state index in [1.807, 2.05) is 0 Å². The minimum atomic E-state index is -1.00. The van der Waals surface area contributed by atoms with Gasteiger partial charge in [0.2, 0.25) is 11.8 Å².